The molecule has 102 valence electrons. The first-order chi connectivity index (χ1) is 8.97. The van der Waals surface area contributed by atoms with Gasteiger partial charge in [0.15, 0.2) is 5.76 Å². The van der Waals surface area contributed by atoms with Crippen LogP contribution in [-0.2, 0) is 4.79 Å². The Labute approximate surface area is 109 Å². The van der Waals surface area contributed by atoms with E-state index in [1.54, 1.807) is 0 Å². The predicted molar refractivity (Wildman–Crippen MR) is 63.8 cm³/mol. The van der Waals surface area contributed by atoms with Gasteiger partial charge in [0.2, 0.25) is 5.91 Å². The zero-order valence-corrected chi connectivity index (χ0v) is 10.4. The van der Waals surface area contributed by atoms with Crippen molar-refractivity contribution in [1.82, 2.24) is 10.2 Å². The first-order valence-corrected chi connectivity index (χ1v) is 5.84. The van der Waals surface area contributed by atoms with E-state index in [1.807, 2.05) is 0 Å². The second-order valence-corrected chi connectivity index (χ2v) is 4.51. The summed E-state index contributed by atoms with van der Waals surface area (Å²) >= 11 is 0. The summed E-state index contributed by atoms with van der Waals surface area (Å²) in [7, 11) is 1.46. The minimum absolute atomic E-state index is 0.0849. The maximum atomic E-state index is 11.9. The van der Waals surface area contributed by atoms with Crippen molar-refractivity contribution in [2.24, 2.45) is 0 Å². The zero-order chi connectivity index (χ0) is 14.0. The molecule has 0 bridgehead atoms. The Bertz CT molecular complexity index is 518. The van der Waals surface area contributed by atoms with E-state index in [-0.39, 0.29) is 29.8 Å². The van der Waals surface area contributed by atoms with E-state index in [2.05, 4.69) is 5.32 Å². The van der Waals surface area contributed by atoms with Gasteiger partial charge < -0.3 is 19.7 Å². The van der Waals surface area contributed by atoms with Gasteiger partial charge in [-0.25, -0.2) is 4.79 Å². The van der Waals surface area contributed by atoms with Gasteiger partial charge in [-0.1, -0.05) is 0 Å². The Morgan fingerprint density at radius 1 is 1.47 bits per heavy atom. The van der Waals surface area contributed by atoms with E-state index in [0.29, 0.717) is 0 Å². The summed E-state index contributed by atoms with van der Waals surface area (Å²) in [5.41, 5.74) is -0.0980. The van der Waals surface area contributed by atoms with Crippen molar-refractivity contribution >= 4 is 17.8 Å². The molecule has 1 aromatic rings. The molecule has 1 aliphatic carbocycles. The average molecular weight is 266 g/mol. The van der Waals surface area contributed by atoms with Crippen LogP contribution in [0.1, 0.15) is 33.8 Å². The van der Waals surface area contributed by atoms with Crippen LogP contribution in [0, 0.1) is 0 Å². The Morgan fingerprint density at radius 3 is 2.68 bits per heavy atom. The first kappa shape index (κ1) is 13.1. The molecule has 0 aromatic carbocycles. The maximum absolute atomic E-state index is 11.9. The van der Waals surface area contributed by atoms with Gasteiger partial charge in [0.05, 0.1) is 12.1 Å². The number of carbonyl (C=O) groups is 3. The molecule has 7 nitrogen and oxygen atoms in total. The Balaban J connectivity index is 1.93. The number of carboxylic acids is 1. The molecule has 0 atom stereocenters. The number of rotatable bonds is 5. The number of carbonyl (C=O) groups excluding carboxylic acids is 2. The molecular formula is C12H14N2O5. The average Bonchev–Trinajstić information content (AvgIpc) is 3.00. The summed E-state index contributed by atoms with van der Waals surface area (Å²) in [6.45, 7) is -0.0849. The fraction of sp³-hybridized carbons (Fsp3) is 0.417. The van der Waals surface area contributed by atoms with Gasteiger partial charge in [-0.2, -0.15) is 0 Å². The van der Waals surface area contributed by atoms with Crippen molar-refractivity contribution in [3.63, 3.8) is 0 Å². The molecular weight excluding hydrogens is 252 g/mol. The molecule has 1 heterocycles. The summed E-state index contributed by atoms with van der Waals surface area (Å²) in [4.78, 5) is 35.2. The van der Waals surface area contributed by atoms with Crippen LogP contribution in [0.15, 0.2) is 16.7 Å². The second-order valence-electron chi connectivity index (χ2n) is 4.51. The molecule has 1 aliphatic rings. The number of aromatic carboxylic acids is 1. The number of nitrogens with one attached hydrogen (secondary N) is 1. The highest BCUT2D eigenvalue weighted by Crippen LogP contribution is 2.18. The van der Waals surface area contributed by atoms with E-state index in [4.69, 9.17) is 9.52 Å². The zero-order valence-electron chi connectivity index (χ0n) is 10.4. The van der Waals surface area contributed by atoms with E-state index >= 15 is 0 Å². The van der Waals surface area contributed by atoms with E-state index in [0.717, 1.165) is 25.2 Å². The van der Waals surface area contributed by atoms with Gasteiger partial charge >= 0.3 is 5.97 Å². The Hall–Kier alpha value is -2.31. The van der Waals surface area contributed by atoms with Gasteiger partial charge in [0.1, 0.15) is 6.26 Å². The van der Waals surface area contributed by atoms with Crippen LogP contribution >= 0.6 is 0 Å². The van der Waals surface area contributed by atoms with E-state index < -0.39 is 11.9 Å². The molecule has 1 aromatic heterocycles. The molecule has 7 heteroatoms. The van der Waals surface area contributed by atoms with Crippen LogP contribution in [0.5, 0.6) is 0 Å². The fourth-order valence-corrected chi connectivity index (χ4v) is 1.54. The number of hydrogen-bond donors (Lipinski definition) is 2. The second kappa shape index (κ2) is 5.13. The van der Waals surface area contributed by atoms with Crippen molar-refractivity contribution in [1.29, 1.82) is 0 Å². The van der Waals surface area contributed by atoms with Crippen molar-refractivity contribution in [3.05, 3.63) is 23.7 Å². The lowest BCUT2D eigenvalue weighted by Gasteiger charge is -2.15. The SMILES string of the molecule is CN(CC(=O)NC1CC1)C(=O)c1cc(C(=O)O)co1. The molecule has 0 aliphatic heterocycles. The highest BCUT2D eigenvalue weighted by Gasteiger charge is 2.25. The van der Waals surface area contributed by atoms with Crippen molar-refractivity contribution in [3.8, 4) is 0 Å². The van der Waals surface area contributed by atoms with Crippen molar-refractivity contribution in [2.45, 2.75) is 18.9 Å². The number of likely N-dealkylation sites (N-methyl/N-ethyl adjacent to an activating group) is 1. The first-order valence-electron chi connectivity index (χ1n) is 5.84. The molecule has 0 radical (unpaired) electrons. The lowest BCUT2D eigenvalue weighted by atomic mass is 10.3. The summed E-state index contributed by atoms with van der Waals surface area (Å²) in [6, 6.07) is 1.37. The normalized spacial score (nSPS) is 13.9. The third-order valence-corrected chi connectivity index (χ3v) is 2.73. The molecule has 19 heavy (non-hydrogen) atoms. The van der Waals surface area contributed by atoms with Gasteiger partial charge in [-0.15, -0.1) is 0 Å². The lowest BCUT2D eigenvalue weighted by molar-refractivity contribution is -0.121. The molecule has 1 saturated carbocycles. The molecule has 2 rings (SSSR count). The molecule has 2 N–H and O–H groups in total. The van der Waals surface area contributed by atoms with Gasteiger partial charge in [0, 0.05) is 19.2 Å². The topological polar surface area (TPSA) is 99.9 Å². The van der Waals surface area contributed by atoms with Crippen LogP contribution < -0.4 is 5.32 Å². The molecule has 1 fully saturated rings. The van der Waals surface area contributed by atoms with E-state index in [1.165, 1.54) is 11.9 Å². The number of hydrogen-bond acceptors (Lipinski definition) is 4. The number of furan rings is 1. The summed E-state index contributed by atoms with van der Waals surface area (Å²) in [6.07, 6.45) is 2.95. The minimum atomic E-state index is -1.17. The van der Waals surface area contributed by atoms with Gasteiger partial charge in [-0.3, -0.25) is 9.59 Å². The van der Waals surface area contributed by atoms with Gasteiger partial charge in [0.25, 0.3) is 5.91 Å². The van der Waals surface area contributed by atoms with Crippen LogP contribution in [0.25, 0.3) is 0 Å². The molecule has 2 amide bonds. The number of nitrogens with zero attached hydrogens (tertiary/aromatic N) is 1. The summed E-state index contributed by atoms with van der Waals surface area (Å²) in [5.74, 6) is -2.03. The molecule has 0 spiro atoms. The smallest absolute Gasteiger partial charge is 0.338 e. The highest BCUT2D eigenvalue weighted by atomic mass is 16.4. The third kappa shape index (κ3) is 3.34. The van der Waals surface area contributed by atoms with Crippen molar-refractivity contribution < 1.29 is 23.9 Å². The van der Waals surface area contributed by atoms with Crippen LogP contribution in [0.2, 0.25) is 0 Å². The lowest BCUT2D eigenvalue weighted by Crippen LogP contribution is -2.39. The van der Waals surface area contributed by atoms with Gasteiger partial charge in [-0.05, 0) is 12.8 Å². The molecule has 0 unspecified atom stereocenters. The predicted octanol–water partition coefficient (Wildman–Crippen LogP) is 0.328. The minimum Gasteiger partial charge on any atom is -0.478 e. The van der Waals surface area contributed by atoms with Crippen LogP contribution in [-0.4, -0.2) is 47.4 Å². The molecule has 0 saturated heterocycles. The summed E-state index contributed by atoms with van der Waals surface area (Å²) in [5, 5.41) is 11.5. The largest absolute Gasteiger partial charge is 0.478 e. The van der Waals surface area contributed by atoms with Crippen LogP contribution in [0.4, 0.5) is 0 Å². The Kier molecular flexibility index (Phi) is 3.55. The summed E-state index contributed by atoms with van der Waals surface area (Å²) < 4.78 is 4.88. The number of amides is 2. The third-order valence-electron chi connectivity index (χ3n) is 2.73. The number of carboxylic acid groups (broad SMARTS) is 1. The van der Waals surface area contributed by atoms with E-state index in [9.17, 15) is 14.4 Å². The monoisotopic (exact) mass is 266 g/mol. The quantitative estimate of drug-likeness (QED) is 0.799. The highest BCUT2D eigenvalue weighted by molar-refractivity contribution is 5.97. The fourth-order valence-electron chi connectivity index (χ4n) is 1.54. The Morgan fingerprint density at radius 2 is 2.16 bits per heavy atom. The standard InChI is InChI=1S/C12H14N2O5/c1-14(5-10(15)13-8-2-3-8)11(16)9-4-7(6-19-9)12(17)18/h4,6,8H,2-3,5H2,1H3,(H,13,15)(H,17,18). The van der Waals surface area contributed by atoms with Crippen molar-refractivity contribution in [2.75, 3.05) is 13.6 Å². The maximum Gasteiger partial charge on any atom is 0.338 e. The van der Waals surface area contributed by atoms with Crippen LogP contribution in [0.3, 0.4) is 0 Å².